The van der Waals surface area contributed by atoms with Crippen molar-refractivity contribution in [1.82, 2.24) is 20.1 Å². The van der Waals surface area contributed by atoms with Gasteiger partial charge in [0.25, 0.3) is 0 Å². The molecule has 3 unspecified atom stereocenters. The number of ether oxygens (including phenoxy) is 6. The number of carbonyl (C=O) groups excluding carboxylic acids is 1. The maximum absolute atomic E-state index is 12.4. The van der Waals surface area contributed by atoms with Crippen LogP contribution in [0.5, 0.6) is 17.2 Å². The zero-order valence-electron chi connectivity index (χ0n) is 32.2. The normalized spacial score (nSPS) is 19.3. The van der Waals surface area contributed by atoms with Crippen molar-refractivity contribution >= 4 is 51.4 Å². The molecule has 1 amide bonds. The van der Waals surface area contributed by atoms with Crippen molar-refractivity contribution in [3.63, 3.8) is 0 Å². The first-order valence-corrected chi connectivity index (χ1v) is 20.1. The zero-order chi connectivity index (χ0) is 39.3. The van der Waals surface area contributed by atoms with E-state index in [1.807, 2.05) is 12.1 Å². The topological polar surface area (TPSA) is 140 Å². The molecule has 6 rings (SSSR count). The Bertz CT molecular complexity index is 1850. The lowest BCUT2D eigenvalue weighted by atomic mass is 9.93. The molecular weight excluding hydrogens is 759 g/mol. The predicted octanol–water partition coefficient (Wildman–Crippen LogP) is 5.94. The van der Waals surface area contributed by atoms with Gasteiger partial charge < -0.3 is 44.0 Å². The van der Waals surface area contributed by atoms with E-state index in [1.165, 1.54) is 13.3 Å². The lowest BCUT2D eigenvalue weighted by Gasteiger charge is -2.34. The number of allylic oxidation sites excluding steroid dienone is 2. The van der Waals surface area contributed by atoms with Crippen molar-refractivity contribution in [2.24, 2.45) is 17.8 Å². The van der Waals surface area contributed by atoms with Crippen LogP contribution in [-0.4, -0.2) is 127 Å². The van der Waals surface area contributed by atoms with Crippen molar-refractivity contribution in [3.05, 3.63) is 58.2 Å². The molecule has 56 heavy (non-hydrogen) atoms. The van der Waals surface area contributed by atoms with Crippen LogP contribution in [0.15, 0.2) is 42.6 Å². The van der Waals surface area contributed by atoms with Crippen LogP contribution in [-0.2, 0) is 19.0 Å². The van der Waals surface area contributed by atoms with E-state index in [0.717, 1.165) is 58.5 Å². The number of aromatic nitrogens is 1. The van der Waals surface area contributed by atoms with Crippen molar-refractivity contribution in [1.29, 1.82) is 5.26 Å². The minimum atomic E-state index is 0.139. The Kier molecular flexibility index (Phi) is 15.7. The van der Waals surface area contributed by atoms with E-state index < -0.39 is 0 Å². The van der Waals surface area contributed by atoms with Crippen LogP contribution in [0.1, 0.15) is 24.8 Å². The van der Waals surface area contributed by atoms with E-state index >= 15 is 0 Å². The molecule has 13 nitrogen and oxygen atoms in total. The summed E-state index contributed by atoms with van der Waals surface area (Å²) < 4.78 is 34.3. The van der Waals surface area contributed by atoms with Gasteiger partial charge in [-0.3, -0.25) is 14.7 Å². The highest BCUT2D eigenvalue weighted by atomic mass is 35.5. The van der Waals surface area contributed by atoms with Gasteiger partial charge in [-0.25, -0.2) is 0 Å². The number of halogens is 2. The quantitative estimate of drug-likeness (QED) is 0.0918. The first kappa shape index (κ1) is 41.8. The van der Waals surface area contributed by atoms with Crippen LogP contribution in [0.3, 0.4) is 0 Å². The fourth-order valence-electron chi connectivity index (χ4n) is 7.51. The molecule has 2 bridgehead atoms. The third-order valence-corrected chi connectivity index (χ3v) is 11.2. The van der Waals surface area contributed by atoms with Gasteiger partial charge in [0.15, 0.2) is 11.5 Å². The SMILES string of the molecule is COc1cc(Nc2c(C#N)cnc3cc(OCCCN4CCN(CCOCCOCCOCCNC(=O)C5CC6C=CC5C6)CC4)c(OC)cc23)c(Cl)cc1Cl. The zero-order valence-corrected chi connectivity index (χ0v) is 33.7. The number of rotatable bonds is 22. The van der Waals surface area contributed by atoms with Crippen molar-refractivity contribution < 1.29 is 33.2 Å². The predicted molar refractivity (Wildman–Crippen MR) is 217 cm³/mol. The number of nitrogens with one attached hydrogen (secondary N) is 2. The van der Waals surface area contributed by atoms with Gasteiger partial charge >= 0.3 is 0 Å². The first-order valence-electron chi connectivity index (χ1n) is 19.3. The molecule has 3 atom stereocenters. The molecule has 2 aliphatic carbocycles. The fraction of sp³-hybridized carbons (Fsp3) is 0.537. The molecule has 1 aromatic heterocycles. The smallest absolute Gasteiger partial charge is 0.223 e. The molecule has 302 valence electrons. The number of carbonyl (C=O) groups is 1. The highest BCUT2D eigenvalue weighted by molar-refractivity contribution is 6.37. The number of anilines is 2. The number of hydrogen-bond donors (Lipinski definition) is 2. The van der Waals surface area contributed by atoms with E-state index in [-0.39, 0.29) is 11.8 Å². The van der Waals surface area contributed by atoms with Gasteiger partial charge in [0.1, 0.15) is 11.8 Å². The Balaban J connectivity index is 0.822. The molecule has 1 saturated heterocycles. The maximum atomic E-state index is 12.4. The van der Waals surface area contributed by atoms with Crippen molar-refractivity contribution in [3.8, 4) is 23.3 Å². The van der Waals surface area contributed by atoms with Gasteiger partial charge in [-0.2, -0.15) is 5.26 Å². The Morgan fingerprint density at radius 3 is 2.23 bits per heavy atom. The summed E-state index contributed by atoms with van der Waals surface area (Å²) in [6.45, 7) is 10.1. The molecule has 0 spiro atoms. The second kappa shape index (κ2) is 21.0. The monoisotopic (exact) mass is 810 g/mol. The number of amides is 1. The van der Waals surface area contributed by atoms with Crippen LogP contribution in [0.25, 0.3) is 10.9 Å². The Morgan fingerprint density at radius 2 is 1.55 bits per heavy atom. The maximum Gasteiger partial charge on any atom is 0.223 e. The van der Waals surface area contributed by atoms with Crippen molar-refractivity contribution in [2.75, 3.05) is 112 Å². The molecule has 3 aromatic rings. The molecule has 15 heteroatoms. The lowest BCUT2D eigenvalue weighted by Crippen LogP contribution is -2.47. The fourth-order valence-corrected chi connectivity index (χ4v) is 8.02. The van der Waals surface area contributed by atoms with Crippen LogP contribution >= 0.6 is 23.2 Å². The van der Waals surface area contributed by atoms with Crippen molar-refractivity contribution in [2.45, 2.75) is 19.3 Å². The molecule has 2 N–H and O–H groups in total. The minimum absolute atomic E-state index is 0.139. The van der Waals surface area contributed by atoms with E-state index in [2.05, 4.69) is 43.6 Å². The molecule has 2 fully saturated rings. The number of nitriles is 1. The van der Waals surface area contributed by atoms with Gasteiger partial charge in [0.2, 0.25) is 5.91 Å². The number of fused-ring (bicyclic) bond motifs is 3. The molecule has 1 aliphatic heterocycles. The largest absolute Gasteiger partial charge is 0.495 e. The number of pyridine rings is 1. The van der Waals surface area contributed by atoms with E-state index in [0.29, 0.717) is 120 Å². The average molecular weight is 812 g/mol. The van der Waals surface area contributed by atoms with Crippen LogP contribution in [0.2, 0.25) is 10.0 Å². The lowest BCUT2D eigenvalue weighted by molar-refractivity contribution is -0.126. The third-order valence-electron chi connectivity index (χ3n) is 10.6. The Labute approximate surface area is 339 Å². The molecule has 3 aliphatic rings. The second-order valence-electron chi connectivity index (χ2n) is 14.2. The van der Waals surface area contributed by atoms with Crippen LogP contribution in [0.4, 0.5) is 11.4 Å². The summed E-state index contributed by atoms with van der Waals surface area (Å²) in [4.78, 5) is 21.8. The summed E-state index contributed by atoms with van der Waals surface area (Å²) in [6.07, 6.45) is 8.95. The number of methoxy groups -OCH3 is 2. The molecular formula is C41H52Cl2N6O7. The van der Waals surface area contributed by atoms with Crippen LogP contribution < -0.4 is 24.8 Å². The summed E-state index contributed by atoms with van der Waals surface area (Å²) in [6, 6.07) is 9.12. The average Bonchev–Trinajstić information content (AvgIpc) is 3.86. The minimum Gasteiger partial charge on any atom is -0.495 e. The summed E-state index contributed by atoms with van der Waals surface area (Å²) in [5.41, 5.74) is 2.04. The summed E-state index contributed by atoms with van der Waals surface area (Å²) in [7, 11) is 3.11. The number of piperazine rings is 1. The van der Waals surface area contributed by atoms with Crippen LogP contribution in [0, 0.1) is 29.1 Å². The standard InChI is InChI=1S/C41H52Cl2N6O7/c1-51-37-25-36(33(42)23-34(37)43)47-40-30(26-44)27-46-35-24-39(38(52-2)22-32(35)40)56-13-3-7-48-8-10-49(11-9-48)12-15-54-17-19-55-18-16-53-14-6-45-41(50)31-21-28-4-5-29(31)20-28/h4-5,22-25,27-29,31H,3,6-21H2,1-2H3,(H,45,50)(H,46,47). The summed E-state index contributed by atoms with van der Waals surface area (Å²) in [5, 5.41) is 17.6. The van der Waals surface area contributed by atoms with E-state index in [1.54, 1.807) is 19.2 Å². The van der Waals surface area contributed by atoms with E-state index in [4.69, 9.17) is 51.6 Å². The molecule has 0 radical (unpaired) electrons. The highest BCUT2D eigenvalue weighted by Crippen LogP contribution is 2.43. The summed E-state index contributed by atoms with van der Waals surface area (Å²) in [5.74, 6) is 2.89. The van der Waals surface area contributed by atoms with Gasteiger partial charge in [-0.1, -0.05) is 35.4 Å². The summed E-state index contributed by atoms with van der Waals surface area (Å²) >= 11 is 12.7. The van der Waals surface area contributed by atoms with Gasteiger partial charge in [0, 0.05) is 75.4 Å². The highest BCUT2D eigenvalue weighted by Gasteiger charge is 2.39. The van der Waals surface area contributed by atoms with Gasteiger partial charge in [-0.15, -0.1) is 0 Å². The van der Waals surface area contributed by atoms with Gasteiger partial charge in [0.05, 0.1) is 93.0 Å². The molecule has 2 heterocycles. The number of benzene rings is 2. The number of hydrogen-bond acceptors (Lipinski definition) is 12. The van der Waals surface area contributed by atoms with Gasteiger partial charge in [-0.05, 0) is 43.2 Å². The van der Waals surface area contributed by atoms with E-state index in [9.17, 15) is 10.1 Å². The molecule has 2 aromatic carbocycles. The first-order chi connectivity index (χ1) is 27.4. The third kappa shape index (κ3) is 11.2. The second-order valence-corrected chi connectivity index (χ2v) is 15.0. The Morgan fingerprint density at radius 1 is 0.839 bits per heavy atom. The molecule has 1 saturated carbocycles. The Hall–Kier alpha value is -3.87. The number of nitrogens with zero attached hydrogens (tertiary/aromatic N) is 4.